The molecule has 1 unspecified atom stereocenters. The van der Waals surface area contributed by atoms with Gasteiger partial charge in [-0.2, -0.15) is 0 Å². The minimum atomic E-state index is 0.248. The van der Waals surface area contributed by atoms with Crippen molar-refractivity contribution in [3.8, 4) is 0 Å². The Labute approximate surface area is 86.8 Å². The third-order valence-electron chi connectivity index (χ3n) is 2.79. The average molecular weight is 192 g/mol. The minimum Gasteiger partial charge on any atom is -0.396 e. The highest BCUT2D eigenvalue weighted by molar-refractivity contribution is 5.27. The molecular formula is C13H20O. The molecule has 1 rings (SSSR count). The fourth-order valence-electron chi connectivity index (χ4n) is 1.62. The van der Waals surface area contributed by atoms with Crippen molar-refractivity contribution < 1.29 is 5.11 Å². The van der Waals surface area contributed by atoms with E-state index in [2.05, 4.69) is 45.0 Å². The molecular weight excluding hydrogens is 172 g/mol. The summed E-state index contributed by atoms with van der Waals surface area (Å²) in [4.78, 5) is 0. The lowest BCUT2D eigenvalue weighted by molar-refractivity contribution is 0.262. The van der Waals surface area contributed by atoms with Gasteiger partial charge in [-0.25, -0.2) is 0 Å². The van der Waals surface area contributed by atoms with Crippen LogP contribution in [0, 0.1) is 0 Å². The molecule has 1 aromatic rings. The number of aliphatic hydroxyl groups excluding tert-OH is 1. The highest BCUT2D eigenvalue weighted by Crippen LogP contribution is 2.21. The van der Waals surface area contributed by atoms with Crippen molar-refractivity contribution in [2.45, 2.75) is 39.0 Å². The van der Waals surface area contributed by atoms with Gasteiger partial charge in [-0.1, -0.05) is 45.0 Å². The van der Waals surface area contributed by atoms with Gasteiger partial charge in [0.25, 0.3) is 0 Å². The van der Waals surface area contributed by atoms with Gasteiger partial charge in [0.05, 0.1) is 0 Å². The molecule has 0 bridgehead atoms. The summed E-state index contributed by atoms with van der Waals surface area (Å²) in [6.07, 6.45) is 0.998. The van der Waals surface area contributed by atoms with Gasteiger partial charge < -0.3 is 5.11 Å². The molecule has 0 saturated carbocycles. The van der Waals surface area contributed by atoms with Gasteiger partial charge in [-0.3, -0.25) is 0 Å². The first-order valence-electron chi connectivity index (χ1n) is 5.39. The van der Waals surface area contributed by atoms with Crippen LogP contribution in [0.4, 0.5) is 0 Å². The zero-order valence-corrected chi connectivity index (χ0v) is 9.33. The normalized spacial score (nSPS) is 13.2. The van der Waals surface area contributed by atoms with Gasteiger partial charge in [0, 0.05) is 12.5 Å². The third-order valence-corrected chi connectivity index (χ3v) is 2.79. The first-order chi connectivity index (χ1) is 6.69. The molecule has 14 heavy (non-hydrogen) atoms. The van der Waals surface area contributed by atoms with E-state index in [0.29, 0.717) is 11.8 Å². The molecule has 0 heterocycles. The smallest absolute Gasteiger partial charge is 0.0499 e. The van der Waals surface area contributed by atoms with Crippen molar-refractivity contribution in [3.63, 3.8) is 0 Å². The fourth-order valence-corrected chi connectivity index (χ4v) is 1.62. The maximum atomic E-state index is 9.16. The zero-order valence-electron chi connectivity index (χ0n) is 9.33. The van der Waals surface area contributed by atoms with Crippen LogP contribution in [-0.2, 0) is 0 Å². The predicted molar refractivity (Wildman–Crippen MR) is 60.6 cm³/mol. The predicted octanol–water partition coefficient (Wildman–Crippen LogP) is 3.30. The Morgan fingerprint density at radius 3 is 1.93 bits per heavy atom. The Morgan fingerprint density at radius 2 is 1.57 bits per heavy atom. The van der Waals surface area contributed by atoms with E-state index in [9.17, 15) is 0 Å². The molecule has 1 N–H and O–H groups in total. The Balaban J connectivity index is 2.81. The van der Waals surface area contributed by atoms with E-state index in [4.69, 9.17) is 5.11 Å². The Morgan fingerprint density at radius 1 is 1.07 bits per heavy atom. The van der Waals surface area contributed by atoms with Crippen LogP contribution in [-0.4, -0.2) is 11.7 Å². The summed E-state index contributed by atoms with van der Waals surface area (Å²) in [5, 5.41) is 9.16. The van der Waals surface area contributed by atoms with Crippen LogP contribution in [0.3, 0.4) is 0 Å². The Bertz CT molecular complexity index is 257. The van der Waals surface area contributed by atoms with Crippen molar-refractivity contribution in [3.05, 3.63) is 35.4 Å². The van der Waals surface area contributed by atoms with E-state index in [0.717, 1.165) is 6.42 Å². The molecule has 0 aliphatic heterocycles. The van der Waals surface area contributed by atoms with Crippen LogP contribution in [0.5, 0.6) is 0 Å². The largest absolute Gasteiger partial charge is 0.396 e. The molecule has 0 saturated heterocycles. The van der Waals surface area contributed by atoms with Gasteiger partial charge in [0.2, 0.25) is 0 Å². The van der Waals surface area contributed by atoms with E-state index in [1.54, 1.807) is 0 Å². The molecule has 0 radical (unpaired) electrons. The molecule has 0 aliphatic rings. The highest BCUT2D eigenvalue weighted by Gasteiger charge is 2.07. The summed E-state index contributed by atoms with van der Waals surface area (Å²) in [5.41, 5.74) is 2.61. The molecule has 1 nitrogen and oxygen atoms in total. The van der Waals surface area contributed by atoms with E-state index in [1.165, 1.54) is 11.1 Å². The van der Waals surface area contributed by atoms with Gasteiger partial charge in [0.1, 0.15) is 0 Å². The number of hydrogen-bond acceptors (Lipinski definition) is 1. The van der Waals surface area contributed by atoms with E-state index in [-0.39, 0.29) is 6.61 Å². The topological polar surface area (TPSA) is 20.2 Å². The molecule has 0 aliphatic carbocycles. The molecule has 78 valence electrons. The summed E-state index contributed by atoms with van der Waals surface area (Å²) in [6.45, 7) is 6.74. The van der Waals surface area contributed by atoms with Gasteiger partial charge in [0.15, 0.2) is 0 Å². The lowest BCUT2D eigenvalue weighted by Gasteiger charge is -2.13. The van der Waals surface area contributed by atoms with Gasteiger partial charge in [-0.05, 0) is 23.5 Å². The Hall–Kier alpha value is -0.820. The lowest BCUT2D eigenvalue weighted by Crippen LogP contribution is -2.02. The van der Waals surface area contributed by atoms with Crippen molar-refractivity contribution in [2.24, 2.45) is 0 Å². The standard InChI is InChI=1S/C13H20O/c1-4-11(9-14)13-7-5-12(6-8-13)10(2)3/h5-8,10-11,14H,4,9H2,1-3H3. The second-order valence-electron chi connectivity index (χ2n) is 4.11. The van der Waals surface area contributed by atoms with Crippen molar-refractivity contribution in [2.75, 3.05) is 6.61 Å². The molecule has 0 spiro atoms. The van der Waals surface area contributed by atoms with Crippen LogP contribution < -0.4 is 0 Å². The second kappa shape index (κ2) is 5.16. The number of rotatable bonds is 4. The van der Waals surface area contributed by atoms with Gasteiger partial charge in [-0.15, -0.1) is 0 Å². The summed E-state index contributed by atoms with van der Waals surface area (Å²) >= 11 is 0. The summed E-state index contributed by atoms with van der Waals surface area (Å²) < 4.78 is 0. The zero-order chi connectivity index (χ0) is 10.6. The summed E-state index contributed by atoms with van der Waals surface area (Å²) in [5.74, 6) is 0.884. The van der Waals surface area contributed by atoms with E-state index in [1.807, 2.05) is 0 Å². The highest BCUT2D eigenvalue weighted by atomic mass is 16.3. The van der Waals surface area contributed by atoms with Crippen LogP contribution >= 0.6 is 0 Å². The monoisotopic (exact) mass is 192 g/mol. The van der Waals surface area contributed by atoms with E-state index >= 15 is 0 Å². The van der Waals surface area contributed by atoms with Crippen LogP contribution in [0.25, 0.3) is 0 Å². The van der Waals surface area contributed by atoms with E-state index < -0.39 is 0 Å². The maximum absolute atomic E-state index is 9.16. The lowest BCUT2D eigenvalue weighted by atomic mass is 9.94. The first kappa shape index (κ1) is 11.3. The number of benzene rings is 1. The minimum absolute atomic E-state index is 0.248. The van der Waals surface area contributed by atoms with Crippen molar-refractivity contribution in [1.82, 2.24) is 0 Å². The average Bonchev–Trinajstić information content (AvgIpc) is 2.20. The maximum Gasteiger partial charge on any atom is 0.0499 e. The molecule has 1 atom stereocenters. The summed E-state index contributed by atoms with van der Waals surface area (Å²) in [6, 6.07) is 8.61. The van der Waals surface area contributed by atoms with Crippen LogP contribution in [0.15, 0.2) is 24.3 Å². The molecule has 1 heteroatoms. The quantitative estimate of drug-likeness (QED) is 0.776. The van der Waals surface area contributed by atoms with Crippen LogP contribution in [0.2, 0.25) is 0 Å². The number of hydrogen-bond donors (Lipinski definition) is 1. The van der Waals surface area contributed by atoms with Crippen molar-refractivity contribution in [1.29, 1.82) is 0 Å². The number of aliphatic hydroxyl groups is 1. The molecule has 1 aromatic carbocycles. The fraction of sp³-hybridized carbons (Fsp3) is 0.538. The summed E-state index contributed by atoms with van der Waals surface area (Å²) in [7, 11) is 0. The second-order valence-corrected chi connectivity index (χ2v) is 4.11. The molecule has 0 aromatic heterocycles. The first-order valence-corrected chi connectivity index (χ1v) is 5.39. The van der Waals surface area contributed by atoms with Gasteiger partial charge >= 0.3 is 0 Å². The van der Waals surface area contributed by atoms with Crippen LogP contribution in [0.1, 0.15) is 50.2 Å². The molecule has 0 amide bonds. The Kier molecular flexibility index (Phi) is 4.15. The van der Waals surface area contributed by atoms with Crippen molar-refractivity contribution >= 4 is 0 Å². The molecule has 0 fully saturated rings. The SMILES string of the molecule is CCC(CO)c1ccc(C(C)C)cc1. The third kappa shape index (κ3) is 2.58.